The number of allylic oxidation sites excluding steroid dienone is 1. The Morgan fingerprint density at radius 1 is 0.957 bits per heavy atom. The van der Waals surface area contributed by atoms with Crippen molar-refractivity contribution in [2.75, 3.05) is 20.5 Å². The molecule has 0 bridgehead atoms. The summed E-state index contributed by atoms with van der Waals surface area (Å²) in [7, 11) is 1.70. The minimum atomic E-state index is -2.15. The van der Waals surface area contributed by atoms with Gasteiger partial charge in [-0.3, -0.25) is 0 Å². The second kappa shape index (κ2) is 16.0. The fraction of sp³-hybridized carbons (Fsp3) is 0.900. The van der Waals surface area contributed by atoms with E-state index in [1.54, 1.807) is 20.4 Å². The summed E-state index contributed by atoms with van der Waals surface area (Å²) in [5, 5.41) is 0. The molecule has 0 aromatic carbocycles. The van der Waals surface area contributed by atoms with Gasteiger partial charge in [0.1, 0.15) is 0 Å². The van der Waals surface area contributed by atoms with Crippen molar-refractivity contribution in [1.82, 2.24) is 0 Å². The normalized spacial score (nSPS) is 13.2. The molecule has 0 heterocycles. The van der Waals surface area contributed by atoms with E-state index in [-0.39, 0.29) is 0 Å². The molecular weight excluding hydrogens is 391 g/mol. The second-order valence-electron chi connectivity index (χ2n) is 7.00. The first-order valence-corrected chi connectivity index (χ1v) is 17.6. The Hall–Kier alpha value is 0.459. The van der Waals surface area contributed by atoms with Crippen LogP contribution in [0.3, 0.4) is 0 Å². The molecule has 0 aliphatic rings. The van der Waals surface area contributed by atoms with E-state index in [0.717, 1.165) is 10.5 Å². The third kappa shape index (κ3) is 10.1. The van der Waals surface area contributed by atoms with Crippen LogP contribution in [0.15, 0.2) is 12.7 Å². The van der Waals surface area contributed by atoms with E-state index in [1.165, 1.54) is 51.4 Å². The van der Waals surface area contributed by atoms with Gasteiger partial charge in [0.15, 0.2) is 0 Å². The molecule has 0 N–H and O–H groups in total. The van der Waals surface area contributed by atoms with Crippen LogP contribution in [0.5, 0.6) is 0 Å². The van der Waals surface area contributed by atoms with Crippen LogP contribution in [0, 0.1) is 0 Å². The summed E-state index contributed by atoms with van der Waals surface area (Å²) >= 11 is -2.15. The van der Waals surface area contributed by atoms with Gasteiger partial charge >= 0.3 is 150 Å². The fourth-order valence-corrected chi connectivity index (χ4v) is 22.5. The van der Waals surface area contributed by atoms with E-state index in [2.05, 4.69) is 33.4 Å². The zero-order valence-electron chi connectivity index (χ0n) is 16.4. The minimum absolute atomic E-state index is 0.433. The van der Waals surface area contributed by atoms with Gasteiger partial charge in [-0.15, -0.1) is 0 Å². The molecule has 1 unspecified atom stereocenters. The van der Waals surface area contributed by atoms with Crippen LogP contribution < -0.4 is 0 Å². The van der Waals surface area contributed by atoms with Crippen molar-refractivity contribution < 1.29 is 9.47 Å². The predicted molar refractivity (Wildman–Crippen MR) is 106 cm³/mol. The molecule has 0 aliphatic heterocycles. The zero-order chi connectivity index (χ0) is 17.4. The van der Waals surface area contributed by atoms with Gasteiger partial charge in [0, 0.05) is 0 Å². The van der Waals surface area contributed by atoms with Gasteiger partial charge in [-0.05, 0) is 0 Å². The molecule has 23 heavy (non-hydrogen) atoms. The Morgan fingerprint density at radius 2 is 1.48 bits per heavy atom. The van der Waals surface area contributed by atoms with Gasteiger partial charge in [0.25, 0.3) is 0 Å². The first kappa shape index (κ1) is 23.5. The summed E-state index contributed by atoms with van der Waals surface area (Å²) in [6, 6.07) is 0. The first-order valence-electron chi connectivity index (χ1n) is 9.88. The van der Waals surface area contributed by atoms with E-state index < -0.39 is 18.4 Å². The molecule has 0 rings (SSSR count). The number of hydrogen-bond donors (Lipinski definition) is 0. The van der Waals surface area contributed by atoms with Crippen LogP contribution in [-0.2, 0) is 9.47 Å². The quantitative estimate of drug-likeness (QED) is 0.109. The Labute approximate surface area is 150 Å². The molecule has 0 aromatic heterocycles. The maximum absolute atomic E-state index is 5.65. The van der Waals surface area contributed by atoms with Crippen molar-refractivity contribution in [3.8, 4) is 0 Å². The summed E-state index contributed by atoms with van der Waals surface area (Å²) in [6.07, 6.45) is 13.0. The number of rotatable bonds is 17. The molecule has 0 amide bonds. The topological polar surface area (TPSA) is 18.5 Å². The average Bonchev–Trinajstić information content (AvgIpc) is 2.57. The molecule has 0 saturated carbocycles. The van der Waals surface area contributed by atoms with Gasteiger partial charge in [0.2, 0.25) is 0 Å². The SMILES string of the molecule is C=CC[CH](CCOCOC)[Sn]([CH2]CCC)([CH2]CCC)[CH2]CCC. The van der Waals surface area contributed by atoms with Gasteiger partial charge < -0.3 is 0 Å². The van der Waals surface area contributed by atoms with Crippen molar-refractivity contribution >= 4 is 18.4 Å². The zero-order valence-corrected chi connectivity index (χ0v) is 19.2. The number of methoxy groups -OCH3 is 1. The van der Waals surface area contributed by atoms with Crippen LogP contribution >= 0.6 is 0 Å². The maximum atomic E-state index is 5.65. The first-order chi connectivity index (χ1) is 11.2. The molecule has 3 heteroatoms. The van der Waals surface area contributed by atoms with E-state index in [0.29, 0.717) is 6.79 Å². The van der Waals surface area contributed by atoms with Gasteiger partial charge in [-0.2, -0.15) is 0 Å². The molecule has 0 aliphatic carbocycles. The van der Waals surface area contributed by atoms with Crippen molar-refractivity contribution in [1.29, 1.82) is 0 Å². The summed E-state index contributed by atoms with van der Waals surface area (Å²) < 4.78 is 16.3. The average molecular weight is 433 g/mol. The standard InChI is InChI=1S/C8H15O2.3C4H9.Sn/c1-3-4-5-6-7-10-8-9-2;3*1-3-4-2;/h3,5H,1,4,6-8H2,2H3;3*1,3-4H2,2H3;. The summed E-state index contributed by atoms with van der Waals surface area (Å²) in [5.41, 5.74) is 0. The molecule has 0 saturated heterocycles. The third-order valence-electron chi connectivity index (χ3n) is 5.21. The Morgan fingerprint density at radius 3 is 1.87 bits per heavy atom. The molecule has 2 nitrogen and oxygen atoms in total. The summed E-state index contributed by atoms with van der Waals surface area (Å²) in [5.74, 6) is 0. The summed E-state index contributed by atoms with van der Waals surface area (Å²) in [6.45, 7) is 12.4. The fourth-order valence-electron chi connectivity index (χ4n) is 3.82. The molecule has 138 valence electrons. The predicted octanol–water partition coefficient (Wildman–Crippen LogP) is 6.79. The van der Waals surface area contributed by atoms with Crippen LogP contribution in [-0.4, -0.2) is 38.9 Å². The van der Waals surface area contributed by atoms with E-state index in [9.17, 15) is 0 Å². The Kier molecular flexibility index (Phi) is 16.3. The van der Waals surface area contributed by atoms with Crippen LogP contribution in [0.1, 0.15) is 72.1 Å². The Bertz CT molecular complexity index is 247. The third-order valence-corrected chi connectivity index (χ3v) is 23.2. The van der Waals surface area contributed by atoms with Crippen LogP contribution in [0.25, 0.3) is 0 Å². The molecule has 0 spiro atoms. The Balaban J connectivity index is 5.06. The molecule has 0 radical (unpaired) electrons. The van der Waals surface area contributed by atoms with Crippen molar-refractivity contribution in [3.05, 3.63) is 12.7 Å². The van der Waals surface area contributed by atoms with E-state index in [4.69, 9.17) is 9.47 Å². The van der Waals surface area contributed by atoms with Crippen LogP contribution in [0.2, 0.25) is 17.2 Å². The number of unbranched alkanes of at least 4 members (excludes halogenated alkanes) is 3. The molecular formula is C20H42O2Sn. The van der Waals surface area contributed by atoms with Crippen molar-refractivity contribution in [3.63, 3.8) is 0 Å². The van der Waals surface area contributed by atoms with Gasteiger partial charge in [-0.25, -0.2) is 0 Å². The van der Waals surface area contributed by atoms with E-state index in [1.807, 2.05) is 0 Å². The number of hydrogen-bond acceptors (Lipinski definition) is 2. The molecule has 0 fully saturated rings. The van der Waals surface area contributed by atoms with Crippen molar-refractivity contribution in [2.45, 2.75) is 89.4 Å². The van der Waals surface area contributed by atoms with Gasteiger partial charge in [0.05, 0.1) is 0 Å². The summed E-state index contributed by atoms with van der Waals surface area (Å²) in [4.78, 5) is 0. The monoisotopic (exact) mass is 434 g/mol. The molecule has 1 atom stereocenters. The number of ether oxygens (including phenoxy) is 2. The molecule has 0 aromatic rings. The van der Waals surface area contributed by atoms with Crippen molar-refractivity contribution in [2.24, 2.45) is 0 Å². The van der Waals surface area contributed by atoms with E-state index >= 15 is 0 Å². The van der Waals surface area contributed by atoms with Crippen LogP contribution in [0.4, 0.5) is 0 Å². The van der Waals surface area contributed by atoms with Gasteiger partial charge in [-0.1, -0.05) is 0 Å². The second-order valence-corrected chi connectivity index (χ2v) is 21.4.